The molecule has 2 aromatic carbocycles. The van der Waals surface area contributed by atoms with Crippen LogP contribution >= 0.6 is 0 Å². The lowest BCUT2D eigenvalue weighted by molar-refractivity contribution is -0.152. The molecule has 0 N–H and O–H groups in total. The van der Waals surface area contributed by atoms with Gasteiger partial charge in [-0.15, -0.1) is 0 Å². The summed E-state index contributed by atoms with van der Waals surface area (Å²) in [6.07, 6.45) is 5.64. The molecule has 2 heterocycles. The molecule has 5 nitrogen and oxygen atoms in total. The fourth-order valence-corrected chi connectivity index (χ4v) is 4.73. The Labute approximate surface area is 163 Å². The van der Waals surface area contributed by atoms with Gasteiger partial charge in [-0.25, -0.2) is 0 Å². The predicted molar refractivity (Wildman–Crippen MR) is 105 cm³/mol. The Kier molecular flexibility index (Phi) is 4.04. The van der Waals surface area contributed by atoms with E-state index in [1.807, 2.05) is 54.6 Å². The van der Waals surface area contributed by atoms with Crippen LogP contribution in [-0.4, -0.2) is 46.7 Å². The van der Waals surface area contributed by atoms with E-state index in [1.54, 1.807) is 4.90 Å². The van der Waals surface area contributed by atoms with Crippen LogP contribution in [-0.2, 0) is 20.8 Å². The molecule has 0 radical (unpaired) electrons. The Balaban J connectivity index is 1.25. The summed E-state index contributed by atoms with van der Waals surface area (Å²) in [5.41, 5.74) is 1.01. The second kappa shape index (κ2) is 6.59. The average molecular weight is 374 g/mol. The Morgan fingerprint density at radius 2 is 1.54 bits per heavy atom. The third-order valence-corrected chi connectivity index (χ3v) is 6.34. The highest BCUT2D eigenvalue weighted by molar-refractivity contribution is 6.06. The molecule has 2 atom stereocenters. The lowest BCUT2D eigenvalue weighted by Gasteiger charge is -2.43. The maximum Gasteiger partial charge on any atom is 0.233 e. The van der Waals surface area contributed by atoms with Gasteiger partial charge in [0.05, 0.1) is 24.3 Å². The van der Waals surface area contributed by atoms with Crippen LogP contribution < -0.4 is 0 Å². The standard InChI is InChI=1S/C23H22N2O3/c26-21(12-16-8-5-7-15-6-1-2-9-18(15)16)24-13-17(14-24)25-22(27)19-10-3-4-11-20(19)23(25)28/h1-9,17,19-20H,10-14H2. The number of likely N-dealkylation sites (tertiary alicyclic amines) is 2. The van der Waals surface area contributed by atoms with E-state index < -0.39 is 0 Å². The normalized spacial score (nSPS) is 24.6. The first-order valence-electron chi connectivity index (χ1n) is 9.90. The maximum absolute atomic E-state index is 12.7. The number of fused-ring (bicyclic) bond motifs is 2. The van der Waals surface area contributed by atoms with Crippen molar-refractivity contribution in [2.45, 2.75) is 25.3 Å². The topological polar surface area (TPSA) is 57.7 Å². The first kappa shape index (κ1) is 17.2. The number of hydrogen-bond donors (Lipinski definition) is 0. The molecule has 1 aliphatic carbocycles. The van der Waals surface area contributed by atoms with Crippen molar-refractivity contribution in [2.75, 3.05) is 13.1 Å². The smallest absolute Gasteiger partial charge is 0.233 e. The van der Waals surface area contributed by atoms with Crippen LogP contribution in [0, 0.1) is 11.8 Å². The lowest BCUT2D eigenvalue weighted by Crippen LogP contribution is -2.62. The summed E-state index contributed by atoms with van der Waals surface area (Å²) in [4.78, 5) is 41.3. The fourth-order valence-electron chi connectivity index (χ4n) is 4.73. The summed E-state index contributed by atoms with van der Waals surface area (Å²) in [6, 6.07) is 13.9. The van der Waals surface area contributed by atoms with E-state index in [1.165, 1.54) is 4.90 Å². The minimum Gasteiger partial charge on any atom is -0.338 e. The van der Waals surface area contributed by atoms with Crippen LogP contribution in [0.3, 0.4) is 0 Å². The quantitative estimate of drug-likeness (QED) is 0.613. The summed E-state index contributed by atoms with van der Waals surface area (Å²) < 4.78 is 0. The van der Waals surface area contributed by atoms with E-state index in [9.17, 15) is 14.4 Å². The molecule has 3 amide bonds. The second-order valence-corrected chi connectivity index (χ2v) is 7.97. The number of imide groups is 1. The summed E-state index contributed by atoms with van der Waals surface area (Å²) in [6.45, 7) is 0.905. The van der Waals surface area contributed by atoms with Crippen molar-refractivity contribution in [3.63, 3.8) is 0 Å². The number of amides is 3. The van der Waals surface area contributed by atoms with Gasteiger partial charge >= 0.3 is 0 Å². The van der Waals surface area contributed by atoms with Crippen LogP contribution in [0.4, 0.5) is 0 Å². The minimum atomic E-state index is -0.196. The van der Waals surface area contributed by atoms with Crippen molar-refractivity contribution in [3.8, 4) is 0 Å². The zero-order valence-electron chi connectivity index (χ0n) is 15.6. The lowest BCUT2D eigenvalue weighted by atomic mass is 9.85. The first-order chi connectivity index (χ1) is 13.6. The van der Waals surface area contributed by atoms with Gasteiger partial charge in [-0.3, -0.25) is 19.3 Å². The second-order valence-electron chi connectivity index (χ2n) is 7.97. The van der Waals surface area contributed by atoms with E-state index >= 15 is 0 Å². The molecule has 2 unspecified atom stereocenters. The molecular weight excluding hydrogens is 352 g/mol. The van der Waals surface area contributed by atoms with Gasteiger partial charge in [-0.05, 0) is 29.2 Å². The molecule has 0 bridgehead atoms. The molecular formula is C23H22N2O3. The Hall–Kier alpha value is -2.95. The Bertz CT molecular complexity index is 975. The van der Waals surface area contributed by atoms with Crippen LogP contribution in [0.25, 0.3) is 10.8 Å². The van der Waals surface area contributed by atoms with E-state index in [0.717, 1.165) is 16.3 Å². The molecule has 0 saturated carbocycles. The maximum atomic E-state index is 12.7. The highest BCUT2D eigenvalue weighted by atomic mass is 16.2. The predicted octanol–water partition coefficient (Wildman–Crippen LogP) is 2.54. The van der Waals surface area contributed by atoms with Crippen molar-refractivity contribution in [2.24, 2.45) is 11.8 Å². The number of benzene rings is 2. The number of nitrogens with zero attached hydrogens (tertiary/aromatic N) is 2. The van der Waals surface area contributed by atoms with E-state index in [-0.39, 0.29) is 35.6 Å². The van der Waals surface area contributed by atoms with Crippen LogP contribution in [0.5, 0.6) is 0 Å². The van der Waals surface area contributed by atoms with E-state index in [0.29, 0.717) is 32.4 Å². The van der Waals surface area contributed by atoms with Crippen molar-refractivity contribution < 1.29 is 14.4 Å². The zero-order chi connectivity index (χ0) is 19.3. The third-order valence-electron chi connectivity index (χ3n) is 6.34. The van der Waals surface area contributed by atoms with Gasteiger partial charge in [0.1, 0.15) is 0 Å². The van der Waals surface area contributed by atoms with Gasteiger partial charge in [-0.2, -0.15) is 0 Å². The SMILES string of the molecule is O=C(Cc1cccc2ccccc12)N1CC(N2C(=O)C3CC=CCC3C2=O)C1. The van der Waals surface area contributed by atoms with Crippen LogP contribution in [0.2, 0.25) is 0 Å². The summed E-state index contributed by atoms with van der Waals surface area (Å²) in [5, 5.41) is 2.22. The zero-order valence-corrected chi connectivity index (χ0v) is 15.6. The summed E-state index contributed by atoms with van der Waals surface area (Å²) >= 11 is 0. The molecule has 0 spiro atoms. The molecule has 5 heteroatoms. The minimum absolute atomic E-state index is 0.0470. The number of allylic oxidation sites excluding steroid dienone is 2. The van der Waals surface area contributed by atoms with Crippen molar-refractivity contribution in [1.82, 2.24) is 9.80 Å². The molecule has 0 aromatic heterocycles. The van der Waals surface area contributed by atoms with Gasteiger partial charge in [0, 0.05) is 13.1 Å². The molecule has 3 aliphatic rings. The molecule has 2 saturated heterocycles. The summed E-state index contributed by atoms with van der Waals surface area (Å²) in [7, 11) is 0. The van der Waals surface area contributed by atoms with Crippen molar-refractivity contribution in [3.05, 3.63) is 60.2 Å². The van der Waals surface area contributed by atoms with Gasteiger partial charge < -0.3 is 4.90 Å². The van der Waals surface area contributed by atoms with Crippen molar-refractivity contribution in [1.29, 1.82) is 0 Å². The number of hydrogen-bond acceptors (Lipinski definition) is 3. The summed E-state index contributed by atoms with van der Waals surface area (Å²) in [5.74, 6) is -0.447. The Morgan fingerprint density at radius 3 is 2.25 bits per heavy atom. The first-order valence-corrected chi connectivity index (χ1v) is 9.90. The van der Waals surface area contributed by atoms with E-state index in [2.05, 4.69) is 0 Å². The van der Waals surface area contributed by atoms with E-state index in [4.69, 9.17) is 0 Å². The highest BCUT2D eigenvalue weighted by Gasteiger charge is 2.52. The number of carbonyl (C=O) groups excluding carboxylic acids is 3. The molecule has 142 valence electrons. The number of rotatable bonds is 3. The molecule has 28 heavy (non-hydrogen) atoms. The monoisotopic (exact) mass is 374 g/mol. The Morgan fingerprint density at radius 1 is 0.893 bits per heavy atom. The third kappa shape index (κ3) is 2.65. The molecule has 2 aromatic rings. The fraction of sp³-hybridized carbons (Fsp3) is 0.348. The molecule has 5 rings (SSSR count). The van der Waals surface area contributed by atoms with Gasteiger partial charge in [-0.1, -0.05) is 54.6 Å². The largest absolute Gasteiger partial charge is 0.338 e. The number of carbonyl (C=O) groups is 3. The van der Waals surface area contributed by atoms with Gasteiger partial charge in [0.2, 0.25) is 17.7 Å². The molecule has 2 aliphatic heterocycles. The van der Waals surface area contributed by atoms with Crippen LogP contribution in [0.1, 0.15) is 18.4 Å². The van der Waals surface area contributed by atoms with Gasteiger partial charge in [0.25, 0.3) is 0 Å². The van der Waals surface area contributed by atoms with Crippen LogP contribution in [0.15, 0.2) is 54.6 Å². The highest BCUT2D eigenvalue weighted by Crippen LogP contribution is 2.37. The average Bonchev–Trinajstić information content (AvgIpc) is 2.93. The van der Waals surface area contributed by atoms with Gasteiger partial charge in [0.15, 0.2) is 0 Å². The van der Waals surface area contributed by atoms with Crippen molar-refractivity contribution >= 4 is 28.5 Å². The molecule has 2 fully saturated rings.